The quantitative estimate of drug-likeness (QED) is 0.144. The van der Waals surface area contributed by atoms with Crippen LogP contribution in [0.15, 0.2) is 46.0 Å². The Morgan fingerprint density at radius 2 is 1.04 bits per heavy atom. The molecule has 4 rings (SSSR count). The third-order valence-corrected chi connectivity index (χ3v) is 7.87. The first-order chi connectivity index (χ1) is 21.6. The third kappa shape index (κ3) is 7.12. The van der Waals surface area contributed by atoms with E-state index in [0.29, 0.717) is 33.6 Å². The third-order valence-electron chi connectivity index (χ3n) is 7.59. The smallest absolute Gasteiger partial charge is 0.312 e. The summed E-state index contributed by atoms with van der Waals surface area (Å²) in [6.07, 6.45) is 0. The van der Waals surface area contributed by atoms with Crippen molar-refractivity contribution in [3.8, 4) is 23.3 Å². The highest BCUT2D eigenvalue weighted by atomic mass is 35.5. The molecule has 0 bridgehead atoms. The lowest BCUT2D eigenvalue weighted by atomic mass is 9.80. The Balaban J connectivity index is 1.71. The molecule has 0 spiro atoms. The molecule has 0 aliphatic heterocycles. The number of nitrogens with zero attached hydrogens (tertiary/aromatic N) is 2. The summed E-state index contributed by atoms with van der Waals surface area (Å²) in [5, 5.41) is 33.4. The molecular formula is C33H35ClN4O8. The van der Waals surface area contributed by atoms with Crippen LogP contribution >= 0.6 is 11.6 Å². The zero-order valence-electron chi connectivity index (χ0n) is 26.4. The fourth-order valence-electron chi connectivity index (χ4n) is 5.32. The number of aryl methyl sites for hydroxylation is 3. The van der Waals surface area contributed by atoms with Crippen LogP contribution in [0.5, 0.6) is 23.3 Å². The number of benzene rings is 2. The minimum absolute atomic E-state index is 0.0368. The molecule has 2 unspecified atom stereocenters. The number of aromatic amines is 2. The van der Waals surface area contributed by atoms with Gasteiger partial charge in [-0.25, -0.2) is 10.2 Å². The Kier molecular flexibility index (Phi) is 10.0. The van der Waals surface area contributed by atoms with Crippen molar-refractivity contribution in [3.05, 3.63) is 101 Å². The summed E-state index contributed by atoms with van der Waals surface area (Å²) in [5.41, 5.74) is 2.20. The van der Waals surface area contributed by atoms with E-state index in [1.807, 2.05) is 27.7 Å². The van der Waals surface area contributed by atoms with Gasteiger partial charge in [-0.05, 0) is 66.5 Å². The lowest BCUT2D eigenvalue weighted by Gasteiger charge is -2.24. The zero-order chi connectivity index (χ0) is 34.0. The standard InChI is InChI=1S/C33H35ClN4O8/c1-14(2)21-12-24(35-37-30(21)39)45-28-16(5)8-19(9-17(28)6)26(32(41)42)27(33(43)44)20-10-18(7)29(23(34)11-20)46-25-13-22(15(3)4)31(40)38-36-25/h8-15,26-27H,1-7H3,(H,37,39)(H,38,40)(H,41,42)(H,43,44). The molecule has 2 aromatic heterocycles. The zero-order valence-corrected chi connectivity index (χ0v) is 27.1. The molecule has 0 saturated heterocycles. The Hall–Kier alpha value is -4.97. The van der Waals surface area contributed by atoms with Gasteiger partial charge in [0, 0.05) is 23.3 Å². The molecule has 0 fully saturated rings. The number of ether oxygens (including phenoxy) is 2. The second-order valence-electron chi connectivity index (χ2n) is 11.8. The molecule has 2 aromatic carbocycles. The minimum Gasteiger partial charge on any atom is -0.481 e. The SMILES string of the molecule is Cc1cc(C(C(=O)O)C(C(=O)O)c2cc(C)c(Oc3cc(C(C)C)c(=O)[nH]n3)c(Cl)c2)cc(C)c1Oc1cc(C(C)C)c(=O)[nH]n1. The maximum absolute atomic E-state index is 12.7. The van der Waals surface area contributed by atoms with Crippen molar-refractivity contribution in [2.75, 3.05) is 0 Å². The molecule has 2 atom stereocenters. The molecule has 12 nitrogen and oxygen atoms in total. The Morgan fingerprint density at radius 1 is 0.674 bits per heavy atom. The molecule has 46 heavy (non-hydrogen) atoms. The van der Waals surface area contributed by atoms with Crippen LogP contribution in [0.3, 0.4) is 0 Å². The van der Waals surface area contributed by atoms with Gasteiger partial charge in [0.2, 0.25) is 11.8 Å². The average molecular weight is 651 g/mol. The first-order valence-electron chi connectivity index (χ1n) is 14.5. The van der Waals surface area contributed by atoms with E-state index >= 15 is 0 Å². The van der Waals surface area contributed by atoms with Crippen LogP contribution in [0, 0.1) is 20.8 Å². The van der Waals surface area contributed by atoms with Gasteiger partial charge in [-0.3, -0.25) is 19.2 Å². The summed E-state index contributed by atoms with van der Waals surface area (Å²) in [4.78, 5) is 49.6. The number of nitrogens with one attached hydrogen (secondary N) is 2. The second-order valence-corrected chi connectivity index (χ2v) is 12.2. The number of carbonyl (C=O) groups is 2. The van der Waals surface area contributed by atoms with Crippen LogP contribution in [0.2, 0.25) is 5.02 Å². The molecule has 13 heteroatoms. The van der Waals surface area contributed by atoms with Crippen molar-refractivity contribution in [2.45, 2.75) is 72.1 Å². The maximum atomic E-state index is 12.7. The fourth-order valence-corrected chi connectivity index (χ4v) is 5.63. The van der Waals surface area contributed by atoms with Gasteiger partial charge in [0.1, 0.15) is 5.75 Å². The molecule has 0 aliphatic rings. The monoisotopic (exact) mass is 650 g/mol. The number of aromatic nitrogens is 4. The van der Waals surface area contributed by atoms with E-state index in [0.717, 1.165) is 0 Å². The van der Waals surface area contributed by atoms with Gasteiger partial charge in [0.25, 0.3) is 11.1 Å². The number of hydrogen-bond donors (Lipinski definition) is 4. The number of rotatable bonds is 11. The Labute approximate surface area is 269 Å². The molecule has 0 amide bonds. The minimum atomic E-state index is -1.53. The summed E-state index contributed by atoms with van der Waals surface area (Å²) in [5.74, 6) is -5.09. The van der Waals surface area contributed by atoms with Gasteiger partial charge in [-0.2, -0.15) is 0 Å². The van der Waals surface area contributed by atoms with Crippen molar-refractivity contribution in [1.29, 1.82) is 0 Å². The normalized spacial score (nSPS) is 12.7. The molecule has 0 aliphatic carbocycles. The number of halogens is 1. The number of carboxylic acids is 2. The predicted molar refractivity (Wildman–Crippen MR) is 171 cm³/mol. The average Bonchev–Trinajstić information content (AvgIpc) is 2.96. The van der Waals surface area contributed by atoms with Crippen molar-refractivity contribution in [3.63, 3.8) is 0 Å². The first-order valence-corrected chi connectivity index (χ1v) is 14.9. The summed E-state index contributed by atoms with van der Waals surface area (Å²) >= 11 is 6.58. The van der Waals surface area contributed by atoms with Gasteiger partial charge >= 0.3 is 11.9 Å². The van der Waals surface area contributed by atoms with Crippen LogP contribution in [-0.4, -0.2) is 42.5 Å². The van der Waals surface area contributed by atoms with E-state index in [2.05, 4.69) is 20.4 Å². The Morgan fingerprint density at radius 3 is 1.41 bits per heavy atom. The lowest BCUT2D eigenvalue weighted by molar-refractivity contribution is -0.147. The van der Waals surface area contributed by atoms with Gasteiger partial charge in [-0.1, -0.05) is 57.5 Å². The highest BCUT2D eigenvalue weighted by molar-refractivity contribution is 6.32. The first kappa shape index (κ1) is 33.9. The van der Waals surface area contributed by atoms with Gasteiger partial charge in [0.15, 0.2) is 5.75 Å². The van der Waals surface area contributed by atoms with Crippen molar-refractivity contribution < 1.29 is 29.3 Å². The second kappa shape index (κ2) is 13.6. The topological polar surface area (TPSA) is 185 Å². The highest BCUT2D eigenvalue weighted by Crippen LogP contribution is 2.42. The molecule has 242 valence electrons. The van der Waals surface area contributed by atoms with E-state index in [1.54, 1.807) is 39.0 Å². The van der Waals surface area contributed by atoms with E-state index in [4.69, 9.17) is 21.1 Å². The molecule has 0 radical (unpaired) electrons. The fraction of sp³-hybridized carbons (Fsp3) is 0.333. The summed E-state index contributed by atoms with van der Waals surface area (Å²) in [6.45, 7) is 12.5. The highest BCUT2D eigenvalue weighted by Gasteiger charge is 2.38. The van der Waals surface area contributed by atoms with Crippen LogP contribution < -0.4 is 20.6 Å². The van der Waals surface area contributed by atoms with Crippen LogP contribution in [-0.2, 0) is 9.59 Å². The molecular weight excluding hydrogens is 616 g/mol. The number of H-pyrrole nitrogens is 2. The molecule has 2 heterocycles. The molecule has 0 saturated carbocycles. The predicted octanol–water partition coefficient (Wildman–Crippen LogP) is 6.30. The van der Waals surface area contributed by atoms with Crippen LogP contribution in [0.4, 0.5) is 0 Å². The van der Waals surface area contributed by atoms with Crippen molar-refractivity contribution >= 4 is 23.5 Å². The van der Waals surface area contributed by atoms with E-state index in [-0.39, 0.29) is 56.6 Å². The van der Waals surface area contributed by atoms with Gasteiger partial charge in [-0.15, -0.1) is 10.2 Å². The Bertz CT molecular complexity index is 1750. The van der Waals surface area contributed by atoms with Gasteiger partial charge < -0.3 is 19.7 Å². The van der Waals surface area contributed by atoms with E-state index < -0.39 is 23.8 Å². The molecule has 4 N–H and O–H groups in total. The molecule has 4 aromatic rings. The van der Waals surface area contributed by atoms with Gasteiger partial charge in [0.05, 0.1) is 16.9 Å². The number of hydrogen-bond acceptors (Lipinski definition) is 8. The summed E-state index contributed by atoms with van der Waals surface area (Å²) in [6, 6.07) is 9.04. The van der Waals surface area contributed by atoms with Crippen molar-refractivity contribution in [2.24, 2.45) is 0 Å². The summed E-state index contributed by atoms with van der Waals surface area (Å²) in [7, 11) is 0. The number of carboxylic acid groups (broad SMARTS) is 2. The number of aliphatic carboxylic acids is 2. The maximum Gasteiger partial charge on any atom is 0.312 e. The van der Waals surface area contributed by atoms with Crippen LogP contribution in [0.25, 0.3) is 0 Å². The largest absolute Gasteiger partial charge is 0.481 e. The van der Waals surface area contributed by atoms with Crippen LogP contribution in [0.1, 0.15) is 90.3 Å². The lowest BCUT2D eigenvalue weighted by Crippen LogP contribution is -2.27. The summed E-state index contributed by atoms with van der Waals surface area (Å²) < 4.78 is 11.9. The van der Waals surface area contributed by atoms with E-state index in [9.17, 15) is 29.4 Å². The van der Waals surface area contributed by atoms with Crippen molar-refractivity contribution in [1.82, 2.24) is 20.4 Å². The van der Waals surface area contributed by atoms with E-state index in [1.165, 1.54) is 18.2 Å².